The van der Waals surface area contributed by atoms with Gasteiger partial charge in [0.05, 0.1) is 17.6 Å². The summed E-state index contributed by atoms with van der Waals surface area (Å²) in [5, 5.41) is 0. The molecule has 1 saturated heterocycles. The number of benzene rings is 2. The van der Waals surface area contributed by atoms with Crippen molar-refractivity contribution in [1.29, 1.82) is 0 Å². The van der Waals surface area contributed by atoms with Crippen molar-refractivity contribution in [2.45, 2.75) is 17.1 Å². The lowest BCUT2D eigenvalue weighted by Crippen LogP contribution is -2.37. The highest BCUT2D eigenvalue weighted by atomic mass is 32.2. The van der Waals surface area contributed by atoms with E-state index in [4.69, 9.17) is 9.15 Å². The van der Waals surface area contributed by atoms with Gasteiger partial charge in [0.25, 0.3) is 11.8 Å². The summed E-state index contributed by atoms with van der Waals surface area (Å²) in [7, 11) is -2.05. The van der Waals surface area contributed by atoms with E-state index in [9.17, 15) is 18.0 Å². The van der Waals surface area contributed by atoms with Gasteiger partial charge in [-0.1, -0.05) is 30.3 Å². The Morgan fingerprint density at radius 1 is 0.853 bits per heavy atom. The van der Waals surface area contributed by atoms with Crippen LogP contribution in [0, 0.1) is 0 Å². The summed E-state index contributed by atoms with van der Waals surface area (Å²) in [5.74, 6) is 0.00925. The highest BCUT2D eigenvalue weighted by Crippen LogP contribution is 2.22. The number of sulfone groups is 1. The van der Waals surface area contributed by atoms with Crippen molar-refractivity contribution in [2.75, 3.05) is 33.3 Å². The highest BCUT2D eigenvalue weighted by Gasteiger charge is 2.27. The van der Waals surface area contributed by atoms with Crippen LogP contribution in [0.15, 0.2) is 76.0 Å². The third-order valence-electron chi connectivity index (χ3n) is 5.71. The minimum Gasteiger partial charge on any atom is -0.496 e. The molecule has 178 valence electrons. The average molecular weight is 483 g/mol. The lowest BCUT2D eigenvalue weighted by molar-refractivity contribution is 0.0698. The van der Waals surface area contributed by atoms with Crippen LogP contribution in [0.5, 0.6) is 5.75 Å². The molecule has 0 spiro atoms. The van der Waals surface area contributed by atoms with Crippen LogP contribution < -0.4 is 4.74 Å². The average Bonchev–Trinajstić information content (AvgIpc) is 3.17. The van der Waals surface area contributed by atoms with E-state index >= 15 is 0 Å². The second-order valence-corrected chi connectivity index (χ2v) is 9.97. The minimum atomic E-state index is -3.58. The molecule has 0 radical (unpaired) electrons. The molecule has 2 heterocycles. The van der Waals surface area contributed by atoms with E-state index in [2.05, 4.69) is 0 Å². The largest absolute Gasteiger partial charge is 0.496 e. The molecule has 1 aliphatic rings. The van der Waals surface area contributed by atoms with Gasteiger partial charge in [-0.3, -0.25) is 9.59 Å². The zero-order chi connectivity index (χ0) is 24.1. The summed E-state index contributed by atoms with van der Waals surface area (Å²) in [5.41, 5.74) is 0.486. The van der Waals surface area contributed by atoms with Gasteiger partial charge in [0.2, 0.25) is 0 Å². The number of methoxy groups -OCH3 is 1. The third-order valence-corrected chi connectivity index (χ3v) is 7.37. The Morgan fingerprint density at radius 2 is 1.50 bits per heavy atom. The topological polar surface area (TPSA) is 97.1 Å². The minimum absolute atomic E-state index is 0.0859. The molecule has 4 rings (SSSR count). The number of nitrogens with zero attached hydrogens (tertiary/aromatic N) is 2. The zero-order valence-corrected chi connectivity index (χ0v) is 19.7. The zero-order valence-electron chi connectivity index (χ0n) is 18.8. The van der Waals surface area contributed by atoms with E-state index in [-0.39, 0.29) is 34.0 Å². The molecule has 0 bridgehead atoms. The quantitative estimate of drug-likeness (QED) is 0.535. The van der Waals surface area contributed by atoms with Crippen LogP contribution in [0.1, 0.15) is 33.1 Å². The first-order valence-corrected chi connectivity index (χ1v) is 12.6. The maximum Gasteiger partial charge on any atom is 0.289 e. The first-order chi connectivity index (χ1) is 16.4. The van der Waals surface area contributed by atoms with Gasteiger partial charge in [0.15, 0.2) is 15.6 Å². The lowest BCUT2D eigenvalue weighted by atomic mass is 10.1. The van der Waals surface area contributed by atoms with Crippen molar-refractivity contribution in [1.82, 2.24) is 9.80 Å². The number of rotatable bonds is 6. The van der Waals surface area contributed by atoms with Crippen molar-refractivity contribution < 1.29 is 27.2 Å². The molecular formula is C25H26N2O6S. The van der Waals surface area contributed by atoms with Gasteiger partial charge in [0.1, 0.15) is 17.3 Å². The van der Waals surface area contributed by atoms with Crippen molar-refractivity contribution in [3.8, 4) is 5.75 Å². The Hall–Kier alpha value is -3.59. The summed E-state index contributed by atoms with van der Waals surface area (Å²) in [6.45, 7) is 1.70. The van der Waals surface area contributed by atoms with Crippen LogP contribution in [-0.4, -0.2) is 63.3 Å². The Kier molecular flexibility index (Phi) is 7.02. The molecule has 9 heteroatoms. The Labute approximate surface area is 198 Å². The van der Waals surface area contributed by atoms with E-state index < -0.39 is 9.84 Å². The van der Waals surface area contributed by atoms with Crippen molar-refractivity contribution in [3.05, 3.63) is 83.8 Å². The smallest absolute Gasteiger partial charge is 0.289 e. The van der Waals surface area contributed by atoms with Crippen molar-refractivity contribution in [3.63, 3.8) is 0 Å². The lowest BCUT2D eigenvalue weighted by Gasteiger charge is -2.22. The number of amides is 2. The van der Waals surface area contributed by atoms with Gasteiger partial charge >= 0.3 is 0 Å². The molecule has 0 atom stereocenters. The van der Waals surface area contributed by atoms with Crippen LogP contribution in [-0.2, 0) is 15.6 Å². The summed E-state index contributed by atoms with van der Waals surface area (Å²) in [4.78, 5) is 29.5. The fourth-order valence-corrected chi connectivity index (χ4v) is 5.21. The maximum atomic E-state index is 13.0. The van der Waals surface area contributed by atoms with Crippen LogP contribution in [0.25, 0.3) is 0 Å². The molecular weight excluding hydrogens is 456 g/mol. The normalized spacial score (nSPS) is 14.5. The number of carbonyl (C=O) groups is 2. The Morgan fingerprint density at radius 3 is 2.21 bits per heavy atom. The fraction of sp³-hybridized carbons (Fsp3) is 0.280. The van der Waals surface area contributed by atoms with Crippen LogP contribution in [0.3, 0.4) is 0 Å². The Bertz CT molecular complexity index is 1270. The molecule has 1 fully saturated rings. The van der Waals surface area contributed by atoms with E-state index in [0.29, 0.717) is 43.9 Å². The van der Waals surface area contributed by atoms with Crippen molar-refractivity contribution >= 4 is 21.7 Å². The molecule has 2 amide bonds. The molecule has 0 N–H and O–H groups in total. The summed E-state index contributed by atoms with van der Waals surface area (Å²) in [6.07, 6.45) is 0.614. The predicted molar refractivity (Wildman–Crippen MR) is 125 cm³/mol. The first kappa shape index (κ1) is 23.6. The summed E-state index contributed by atoms with van der Waals surface area (Å²) in [6, 6.07) is 18.2. The molecule has 2 aromatic carbocycles. The van der Waals surface area contributed by atoms with Crippen LogP contribution in [0.4, 0.5) is 0 Å². The summed E-state index contributed by atoms with van der Waals surface area (Å²) < 4.78 is 36.1. The van der Waals surface area contributed by atoms with Gasteiger partial charge < -0.3 is 19.0 Å². The Balaban J connectivity index is 1.41. The SMILES string of the molecule is COc1ccccc1C(=O)N1CCCN(C(=O)c2ccc(CS(=O)(=O)c3ccccc3)o2)CC1. The van der Waals surface area contributed by atoms with E-state index in [0.717, 1.165) is 0 Å². The molecule has 0 saturated carbocycles. The van der Waals surface area contributed by atoms with Gasteiger partial charge in [-0.25, -0.2) is 8.42 Å². The number of furan rings is 1. The fourth-order valence-electron chi connectivity index (χ4n) is 3.94. The van der Waals surface area contributed by atoms with Gasteiger partial charge in [0, 0.05) is 26.2 Å². The number of ether oxygens (including phenoxy) is 1. The maximum absolute atomic E-state index is 13.0. The highest BCUT2D eigenvalue weighted by molar-refractivity contribution is 7.90. The van der Waals surface area contributed by atoms with Gasteiger partial charge in [-0.15, -0.1) is 0 Å². The molecule has 1 aliphatic heterocycles. The number of carbonyl (C=O) groups excluding carboxylic acids is 2. The molecule has 34 heavy (non-hydrogen) atoms. The second-order valence-electron chi connectivity index (χ2n) is 7.98. The van der Waals surface area contributed by atoms with E-state index in [1.165, 1.54) is 31.4 Å². The third kappa shape index (κ3) is 5.14. The molecule has 0 unspecified atom stereocenters. The van der Waals surface area contributed by atoms with E-state index in [1.807, 2.05) is 0 Å². The molecule has 8 nitrogen and oxygen atoms in total. The predicted octanol–water partition coefficient (Wildman–Crippen LogP) is 3.25. The first-order valence-electron chi connectivity index (χ1n) is 11.0. The van der Waals surface area contributed by atoms with Crippen LogP contribution in [0.2, 0.25) is 0 Å². The number of hydrogen-bond donors (Lipinski definition) is 0. The monoisotopic (exact) mass is 482 g/mol. The van der Waals surface area contributed by atoms with Crippen LogP contribution >= 0.6 is 0 Å². The number of hydrogen-bond acceptors (Lipinski definition) is 6. The summed E-state index contributed by atoms with van der Waals surface area (Å²) >= 11 is 0. The van der Waals surface area contributed by atoms with Crippen molar-refractivity contribution in [2.24, 2.45) is 0 Å². The number of para-hydroxylation sites is 1. The van der Waals surface area contributed by atoms with Gasteiger partial charge in [-0.2, -0.15) is 0 Å². The molecule has 3 aromatic rings. The molecule has 0 aliphatic carbocycles. The van der Waals surface area contributed by atoms with Gasteiger partial charge in [-0.05, 0) is 42.8 Å². The second kappa shape index (κ2) is 10.1. The standard InChI is InChI=1S/C25H26N2O6S/c1-32-22-11-6-5-10-21(22)24(28)26-14-7-15-27(17-16-26)25(29)23-13-12-19(33-23)18-34(30,31)20-8-3-2-4-9-20/h2-6,8-13H,7,14-18H2,1H3. The van der Waals surface area contributed by atoms with E-state index in [1.54, 1.807) is 52.3 Å². The molecule has 1 aromatic heterocycles.